The molecule has 5 N–H and O–H groups in total. The van der Waals surface area contributed by atoms with Gasteiger partial charge in [0.25, 0.3) is 0 Å². The van der Waals surface area contributed by atoms with Crippen LogP contribution in [-0.4, -0.2) is 31.0 Å². The first-order valence-corrected chi connectivity index (χ1v) is 13.2. The van der Waals surface area contributed by atoms with Gasteiger partial charge in [-0.25, -0.2) is 14.8 Å². The molecule has 0 saturated heterocycles. The number of aromatic carboxylic acids is 1. The summed E-state index contributed by atoms with van der Waals surface area (Å²) in [5.41, 5.74) is 15.8. The summed E-state index contributed by atoms with van der Waals surface area (Å²) in [7, 11) is 0. The van der Waals surface area contributed by atoms with Crippen molar-refractivity contribution >= 4 is 52.3 Å². The van der Waals surface area contributed by atoms with Crippen molar-refractivity contribution < 1.29 is 29.4 Å². The van der Waals surface area contributed by atoms with Crippen molar-refractivity contribution in [3.05, 3.63) is 131 Å². The standard InChI is InChI=1S/C27H18N4O2.C7H9N.Zn/c32-27(33)17-3-1-16(2-4-17)25-14-24-13-22-8-7-20(29-22)11-18-5-6-19(28-18)12-21-9-10-23(30-21)15-26(25)31-24;8-6-7-4-2-1-3-5-7;/h1-15,28,31H,(H,32,33);1-5H,6,8H2;. The third kappa shape index (κ3) is 6.69. The van der Waals surface area contributed by atoms with Crippen molar-refractivity contribution in [3.63, 3.8) is 0 Å². The summed E-state index contributed by atoms with van der Waals surface area (Å²) in [4.78, 5) is 27.5. The van der Waals surface area contributed by atoms with E-state index in [1.807, 2.05) is 109 Å². The van der Waals surface area contributed by atoms with E-state index in [9.17, 15) is 9.90 Å². The molecule has 8 bridgehead atoms. The number of rotatable bonds is 3. The number of nitrogens with one attached hydrogen (secondary N) is 2. The number of carboxylic acid groups (broad SMARTS) is 1. The smallest absolute Gasteiger partial charge is 0.335 e. The summed E-state index contributed by atoms with van der Waals surface area (Å²) in [6.45, 7) is 0.640. The summed E-state index contributed by atoms with van der Waals surface area (Å²) in [5.74, 6) is -0.942. The van der Waals surface area contributed by atoms with E-state index >= 15 is 0 Å². The van der Waals surface area contributed by atoms with Crippen LogP contribution in [0.2, 0.25) is 0 Å². The molecule has 5 aromatic rings. The zero-order valence-electron chi connectivity index (χ0n) is 22.8. The Kier molecular flexibility index (Phi) is 8.67. The van der Waals surface area contributed by atoms with E-state index in [1.165, 1.54) is 5.56 Å². The van der Waals surface area contributed by atoms with Crippen LogP contribution < -0.4 is 5.73 Å². The zero-order chi connectivity index (χ0) is 28.2. The number of aromatic amines is 2. The van der Waals surface area contributed by atoms with E-state index in [1.54, 1.807) is 12.1 Å². The van der Waals surface area contributed by atoms with Gasteiger partial charge in [-0.15, -0.1) is 0 Å². The van der Waals surface area contributed by atoms with Gasteiger partial charge < -0.3 is 20.8 Å². The van der Waals surface area contributed by atoms with E-state index in [0.717, 1.165) is 56.0 Å². The second-order valence-corrected chi connectivity index (χ2v) is 9.66. The van der Waals surface area contributed by atoms with Crippen molar-refractivity contribution in [1.82, 2.24) is 19.9 Å². The van der Waals surface area contributed by atoms with Gasteiger partial charge in [0, 0.05) is 53.7 Å². The minimum Gasteiger partial charge on any atom is -0.478 e. The fourth-order valence-corrected chi connectivity index (χ4v) is 4.66. The van der Waals surface area contributed by atoms with E-state index < -0.39 is 5.97 Å². The molecule has 42 heavy (non-hydrogen) atoms. The Hall–Kier alpha value is -4.91. The monoisotopic (exact) mass is 601 g/mol. The third-order valence-electron chi connectivity index (χ3n) is 6.69. The number of nitrogens with zero attached hydrogens (tertiary/aromatic N) is 2. The first kappa shape index (κ1) is 28.6. The fraction of sp³-hybridized carbons (Fsp3) is 0.0294. The second kappa shape index (κ2) is 12.7. The number of hydrogen-bond donors (Lipinski definition) is 4. The summed E-state index contributed by atoms with van der Waals surface area (Å²) in [5, 5.41) is 9.23. The molecule has 2 aromatic carbocycles. The third-order valence-corrected chi connectivity index (χ3v) is 6.69. The molecular weight excluding hydrogens is 576 g/mol. The molecule has 8 heteroatoms. The summed E-state index contributed by atoms with van der Waals surface area (Å²) in [6.07, 6.45) is 7.93. The van der Waals surface area contributed by atoms with Crippen LogP contribution in [0, 0.1) is 0 Å². The van der Waals surface area contributed by atoms with Gasteiger partial charge in [0.15, 0.2) is 0 Å². The minimum absolute atomic E-state index is 0. The largest absolute Gasteiger partial charge is 0.478 e. The van der Waals surface area contributed by atoms with Crippen molar-refractivity contribution in [3.8, 4) is 11.1 Å². The minimum atomic E-state index is -0.942. The average molecular weight is 603 g/mol. The normalized spacial score (nSPS) is 11.4. The number of hydrogen-bond acceptors (Lipinski definition) is 4. The van der Waals surface area contributed by atoms with Crippen LogP contribution in [0.1, 0.15) is 38.7 Å². The Morgan fingerprint density at radius 3 is 1.74 bits per heavy atom. The number of benzene rings is 2. The molecule has 0 saturated carbocycles. The number of carboxylic acids is 1. The van der Waals surface area contributed by atoms with Crippen molar-refractivity contribution in [2.24, 2.45) is 5.73 Å². The van der Waals surface area contributed by atoms with Gasteiger partial charge in [-0.05, 0) is 90.0 Å². The van der Waals surface area contributed by atoms with Crippen LogP contribution in [-0.2, 0) is 26.0 Å². The maximum atomic E-state index is 11.2. The average Bonchev–Trinajstić information content (AvgIpc) is 3.80. The Bertz CT molecular complexity index is 1960. The predicted molar refractivity (Wildman–Crippen MR) is 166 cm³/mol. The Morgan fingerprint density at radius 2 is 1.21 bits per heavy atom. The van der Waals surface area contributed by atoms with Gasteiger partial charge in [-0.2, -0.15) is 0 Å². The zero-order valence-corrected chi connectivity index (χ0v) is 25.8. The Labute approximate surface area is 255 Å². The molecule has 5 heterocycles. The molecule has 0 fully saturated rings. The number of carbonyl (C=O) groups is 1. The molecule has 0 radical (unpaired) electrons. The van der Waals surface area contributed by atoms with E-state index in [0.29, 0.717) is 6.54 Å². The van der Waals surface area contributed by atoms with Crippen LogP contribution in [0.5, 0.6) is 0 Å². The first-order chi connectivity index (χ1) is 20.0. The predicted octanol–water partition coefficient (Wildman–Crippen LogP) is 7.16. The van der Waals surface area contributed by atoms with Gasteiger partial charge in [0.1, 0.15) is 0 Å². The molecule has 0 amide bonds. The Balaban J connectivity index is 0.000000342. The maximum Gasteiger partial charge on any atom is 0.335 e. The van der Waals surface area contributed by atoms with Gasteiger partial charge in [0.05, 0.1) is 28.3 Å². The molecule has 0 spiro atoms. The molecule has 0 atom stereocenters. The molecule has 7 rings (SSSR count). The van der Waals surface area contributed by atoms with Crippen molar-refractivity contribution in [2.75, 3.05) is 0 Å². The van der Waals surface area contributed by atoms with E-state index in [4.69, 9.17) is 15.7 Å². The molecule has 202 valence electrons. The van der Waals surface area contributed by atoms with Crippen molar-refractivity contribution in [2.45, 2.75) is 6.54 Å². The Morgan fingerprint density at radius 1 is 0.667 bits per heavy atom. The van der Waals surface area contributed by atoms with E-state index in [2.05, 4.69) is 9.97 Å². The molecule has 3 aromatic heterocycles. The van der Waals surface area contributed by atoms with Gasteiger partial charge in [-0.3, -0.25) is 0 Å². The molecule has 0 unspecified atom stereocenters. The first-order valence-electron chi connectivity index (χ1n) is 13.2. The van der Waals surface area contributed by atoms with Gasteiger partial charge >= 0.3 is 5.97 Å². The summed E-state index contributed by atoms with van der Waals surface area (Å²) >= 11 is 0. The van der Waals surface area contributed by atoms with Crippen LogP contribution >= 0.6 is 0 Å². The second-order valence-electron chi connectivity index (χ2n) is 9.66. The topological polar surface area (TPSA) is 121 Å². The number of fused-ring (bicyclic) bond motifs is 8. The quantitative estimate of drug-likeness (QED) is 0.160. The SMILES string of the molecule is NCc1ccccc1.O=C(O)c1ccc(-c2cc3cc4nc(cc5ccc(cc6nc(cc2[nH]3)C=C6)[nH]5)C=C4)cc1.[Zn]. The number of nitrogens with two attached hydrogens (primary N) is 1. The number of H-pyrrole nitrogens is 2. The van der Waals surface area contributed by atoms with Gasteiger partial charge in [-0.1, -0.05) is 42.5 Å². The fourth-order valence-electron chi connectivity index (χ4n) is 4.66. The summed E-state index contributed by atoms with van der Waals surface area (Å²) in [6, 6.07) is 31.0. The molecule has 0 aliphatic carbocycles. The molecule has 2 aliphatic rings. The summed E-state index contributed by atoms with van der Waals surface area (Å²) < 4.78 is 0. The van der Waals surface area contributed by atoms with E-state index in [-0.39, 0.29) is 25.0 Å². The van der Waals surface area contributed by atoms with Gasteiger partial charge in [0.2, 0.25) is 0 Å². The molecule has 2 aliphatic heterocycles. The van der Waals surface area contributed by atoms with Crippen LogP contribution in [0.15, 0.2) is 97.1 Å². The molecule has 7 nitrogen and oxygen atoms in total. The number of aromatic nitrogens is 4. The van der Waals surface area contributed by atoms with Crippen LogP contribution in [0.25, 0.3) is 57.5 Å². The maximum absolute atomic E-state index is 11.2. The van der Waals surface area contributed by atoms with Crippen LogP contribution in [0.4, 0.5) is 0 Å². The van der Waals surface area contributed by atoms with Crippen molar-refractivity contribution in [1.29, 1.82) is 0 Å². The molecular formula is C34H27N5O2Zn. The van der Waals surface area contributed by atoms with Crippen LogP contribution in [0.3, 0.4) is 0 Å².